The van der Waals surface area contributed by atoms with Gasteiger partial charge in [-0.3, -0.25) is 14.9 Å². The number of halogens is 1. The van der Waals surface area contributed by atoms with Gasteiger partial charge in [-0.25, -0.2) is 0 Å². The molecule has 0 atom stereocenters. The molecule has 0 radical (unpaired) electrons. The molecule has 0 unspecified atom stereocenters. The van der Waals surface area contributed by atoms with Crippen LogP contribution in [-0.2, 0) is 0 Å². The van der Waals surface area contributed by atoms with Gasteiger partial charge in [0.2, 0.25) is 0 Å². The molecule has 2 N–H and O–H groups in total. The van der Waals surface area contributed by atoms with E-state index in [-0.39, 0.29) is 22.3 Å². The number of benzene rings is 2. The molecule has 0 saturated heterocycles. The van der Waals surface area contributed by atoms with Crippen molar-refractivity contribution in [2.75, 3.05) is 0 Å². The van der Waals surface area contributed by atoms with Crippen LogP contribution >= 0.6 is 11.6 Å². The van der Waals surface area contributed by atoms with E-state index < -0.39 is 16.2 Å². The monoisotopic (exact) mass is 344 g/mol. The fourth-order valence-corrected chi connectivity index (χ4v) is 2.26. The van der Waals surface area contributed by atoms with Crippen molar-refractivity contribution in [2.24, 2.45) is 10.2 Å². The Bertz CT molecular complexity index is 1030. The summed E-state index contributed by atoms with van der Waals surface area (Å²) in [6.45, 7) is 0. The highest BCUT2D eigenvalue weighted by molar-refractivity contribution is 6.30. The minimum absolute atomic E-state index is 0.0737. The van der Waals surface area contributed by atoms with Gasteiger partial charge in [-0.15, -0.1) is 5.11 Å². The van der Waals surface area contributed by atoms with Gasteiger partial charge in [0.05, 0.1) is 10.6 Å². The number of fused-ring (bicyclic) bond motifs is 1. The number of nitrogens with one attached hydrogen (secondary N) is 1. The number of nitro groups is 1. The normalized spacial score (nSPS) is 11.2. The Kier molecular flexibility index (Phi) is 3.97. The molecule has 0 aliphatic rings. The van der Waals surface area contributed by atoms with Crippen LogP contribution in [0.2, 0.25) is 5.02 Å². The topological polar surface area (TPSA) is 121 Å². The number of hydrogen-bond donors (Lipinski definition) is 2. The minimum Gasteiger partial charge on any atom is -0.505 e. The molecule has 8 nitrogen and oxygen atoms in total. The highest BCUT2D eigenvalue weighted by atomic mass is 35.5. The Morgan fingerprint density at radius 1 is 1.12 bits per heavy atom. The second kappa shape index (κ2) is 6.09. The van der Waals surface area contributed by atoms with E-state index in [9.17, 15) is 20.0 Å². The molecule has 3 aromatic rings. The largest absolute Gasteiger partial charge is 0.505 e. The average Bonchev–Trinajstić information content (AvgIpc) is 2.55. The summed E-state index contributed by atoms with van der Waals surface area (Å²) in [6, 6.07) is 10.4. The lowest BCUT2D eigenvalue weighted by Gasteiger charge is -2.03. The van der Waals surface area contributed by atoms with E-state index in [1.165, 1.54) is 18.2 Å². The highest BCUT2D eigenvalue weighted by Crippen LogP contribution is 2.34. The number of aromatic hydroxyl groups is 1. The predicted molar refractivity (Wildman–Crippen MR) is 88.5 cm³/mol. The van der Waals surface area contributed by atoms with E-state index >= 15 is 0 Å². The van der Waals surface area contributed by atoms with Gasteiger partial charge >= 0.3 is 0 Å². The molecular weight excluding hydrogens is 336 g/mol. The summed E-state index contributed by atoms with van der Waals surface area (Å²) in [4.78, 5) is 24.8. The highest BCUT2D eigenvalue weighted by Gasteiger charge is 2.18. The summed E-state index contributed by atoms with van der Waals surface area (Å²) < 4.78 is 0. The van der Waals surface area contributed by atoms with Crippen molar-refractivity contribution in [1.82, 2.24) is 4.98 Å². The second-order valence-corrected chi connectivity index (χ2v) is 5.22. The molecule has 0 saturated carbocycles. The number of para-hydroxylation sites is 1. The zero-order valence-electron chi connectivity index (χ0n) is 11.9. The van der Waals surface area contributed by atoms with E-state index in [4.69, 9.17) is 11.6 Å². The van der Waals surface area contributed by atoms with Crippen LogP contribution in [0.3, 0.4) is 0 Å². The molecule has 0 fully saturated rings. The molecule has 0 amide bonds. The molecule has 1 heterocycles. The fourth-order valence-electron chi connectivity index (χ4n) is 2.14. The molecular formula is C15H9ClN4O4. The summed E-state index contributed by atoms with van der Waals surface area (Å²) in [5.41, 5.74) is -1.08. The molecule has 0 bridgehead atoms. The summed E-state index contributed by atoms with van der Waals surface area (Å²) in [7, 11) is 0. The number of H-pyrrole nitrogens is 1. The van der Waals surface area contributed by atoms with Crippen molar-refractivity contribution in [3.8, 4) is 5.75 Å². The van der Waals surface area contributed by atoms with Crippen LogP contribution in [0.15, 0.2) is 57.5 Å². The zero-order valence-corrected chi connectivity index (χ0v) is 12.7. The molecule has 0 spiro atoms. The number of hydrogen-bond acceptors (Lipinski definition) is 6. The Balaban J connectivity index is 2.14. The van der Waals surface area contributed by atoms with Crippen LogP contribution < -0.4 is 5.56 Å². The summed E-state index contributed by atoms with van der Waals surface area (Å²) in [5.74, 6) is -0.477. The average molecular weight is 345 g/mol. The quantitative estimate of drug-likeness (QED) is 0.420. The first kappa shape index (κ1) is 15.6. The Morgan fingerprint density at radius 2 is 1.83 bits per heavy atom. The SMILES string of the molecule is O=c1[nH]c2c([N+](=O)[O-])cccc2c(O)c1N=Nc1ccc(Cl)cc1. The van der Waals surface area contributed by atoms with Crippen LogP contribution in [-0.4, -0.2) is 15.0 Å². The third kappa shape index (κ3) is 2.82. The van der Waals surface area contributed by atoms with Gasteiger partial charge in [0.25, 0.3) is 11.2 Å². The molecule has 120 valence electrons. The first-order valence-electron chi connectivity index (χ1n) is 6.67. The van der Waals surface area contributed by atoms with Gasteiger partial charge in [0.15, 0.2) is 11.4 Å². The number of non-ortho nitro benzene ring substituents is 1. The van der Waals surface area contributed by atoms with Gasteiger partial charge in [-0.1, -0.05) is 17.7 Å². The summed E-state index contributed by atoms with van der Waals surface area (Å²) in [5, 5.41) is 29.5. The molecule has 1 aromatic heterocycles. The van der Waals surface area contributed by atoms with Gasteiger partial charge in [0.1, 0.15) is 5.52 Å². The number of pyridine rings is 1. The van der Waals surface area contributed by atoms with Gasteiger partial charge in [-0.2, -0.15) is 5.11 Å². The van der Waals surface area contributed by atoms with Gasteiger partial charge in [0, 0.05) is 16.5 Å². The predicted octanol–water partition coefficient (Wildman–Crippen LogP) is 4.21. The Hall–Kier alpha value is -3.26. The van der Waals surface area contributed by atoms with Crippen LogP contribution in [0.25, 0.3) is 10.9 Å². The fraction of sp³-hybridized carbons (Fsp3) is 0. The molecule has 0 aliphatic carbocycles. The van der Waals surface area contributed by atoms with Crippen molar-refractivity contribution >= 4 is 39.6 Å². The maximum Gasteiger partial charge on any atom is 0.293 e. The van der Waals surface area contributed by atoms with Crippen molar-refractivity contribution in [3.63, 3.8) is 0 Å². The third-order valence-electron chi connectivity index (χ3n) is 3.26. The van der Waals surface area contributed by atoms with Crippen molar-refractivity contribution < 1.29 is 10.0 Å². The summed E-state index contributed by atoms with van der Waals surface area (Å²) >= 11 is 5.76. The Morgan fingerprint density at radius 3 is 2.50 bits per heavy atom. The van der Waals surface area contributed by atoms with Gasteiger partial charge < -0.3 is 10.1 Å². The zero-order chi connectivity index (χ0) is 17.3. The van der Waals surface area contributed by atoms with E-state index in [1.807, 2.05) is 0 Å². The van der Waals surface area contributed by atoms with Crippen LogP contribution in [0.5, 0.6) is 5.75 Å². The second-order valence-electron chi connectivity index (χ2n) is 4.78. The number of rotatable bonds is 3. The number of nitro benzene ring substituents is 1. The van der Waals surface area contributed by atoms with Gasteiger partial charge in [-0.05, 0) is 30.3 Å². The minimum atomic E-state index is -0.785. The number of aromatic nitrogens is 1. The van der Waals surface area contributed by atoms with E-state index in [0.29, 0.717) is 10.7 Å². The van der Waals surface area contributed by atoms with E-state index in [0.717, 1.165) is 0 Å². The standard InChI is InChI=1S/C15H9ClN4O4/c16-8-4-6-9(7-5-8)18-19-13-14(21)10-2-1-3-11(20(23)24)12(10)17-15(13)22/h1-7H,(H2,17,21,22). The van der Waals surface area contributed by atoms with Crippen LogP contribution in [0.1, 0.15) is 0 Å². The van der Waals surface area contributed by atoms with Crippen molar-refractivity contribution in [3.05, 3.63) is 68.0 Å². The molecule has 0 aliphatic heterocycles. The smallest absolute Gasteiger partial charge is 0.293 e. The van der Waals surface area contributed by atoms with Crippen molar-refractivity contribution in [1.29, 1.82) is 0 Å². The number of aromatic amines is 1. The lowest BCUT2D eigenvalue weighted by atomic mass is 10.1. The number of azo groups is 1. The molecule has 3 rings (SSSR count). The summed E-state index contributed by atoms with van der Waals surface area (Å²) in [6.07, 6.45) is 0. The molecule has 24 heavy (non-hydrogen) atoms. The third-order valence-corrected chi connectivity index (χ3v) is 3.52. The van der Waals surface area contributed by atoms with E-state index in [2.05, 4.69) is 15.2 Å². The molecule has 9 heteroatoms. The van der Waals surface area contributed by atoms with Crippen molar-refractivity contribution in [2.45, 2.75) is 0 Å². The first-order chi connectivity index (χ1) is 11.5. The maximum atomic E-state index is 12.1. The lowest BCUT2D eigenvalue weighted by Crippen LogP contribution is -2.06. The Labute approximate surface area is 139 Å². The lowest BCUT2D eigenvalue weighted by molar-refractivity contribution is -0.383. The van der Waals surface area contributed by atoms with Crippen LogP contribution in [0, 0.1) is 10.1 Å². The first-order valence-corrected chi connectivity index (χ1v) is 7.05. The maximum absolute atomic E-state index is 12.1. The number of nitrogens with zero attached hydrogens (tertiary/aromatic N) is 3. The van der Waals surface area contributed by atoms with E-state index in [1.54, 1.807) is 24.3 Å². The van der Waals surface area contributed by atoms with Crippen LogP contribution in [0.4, 0.5) is 17.1 Å². The molecule has 2 aromatic carbocycles.